The topological polar surface area (TPSA) is 38.4 Å². The molecule has 0 rings (SSSR count). The van der Waals surface area contributed by atoms with Gasteiger partial charge in [0.2, 0.25) is 0 Å². The van der Waals surface area contributed by atoms with E-state index >= 15 is 0 Å². The monoisotopic (exact) mass is 138 g/mol. The van der Waals surface area contributed by atoms with Crippen molar-refractivity contribution in [3.63, 3.8) is 0 Å². The van der Waals surface area contributed by atoms with E-state index < -0.39 is 0 Å². The van der Waals surface area contributed by atoms with Crippen molar-refractivity contribution in [2.45, 2.75) is 20.3 Å². The van der Waals surface area contributed by atoms with Crippen molar-refractivity contribution in [2.24, 2.45) is 10.7 Å². The summed E-state index contributed by atoms with van der Waals surface area (Å²) in [5.41, 5.74) is 6.18. The summed E-state index contributed by atoms with van der Waals surface area (Å²) in [6, 6.07) is 0. The maximum atomic E-state index is 5.27. The summed E-state index contributed by atoms with van der Waals surface area (Å²) >= 11 is 0. The van der Waals surface area contributed by atoms with E-state index in [1.807, 2.05) is 26.0 Å². The third-order valence-corrected chi connectivity index (χ3v) is 1.07. The van der Waals surface area contributed by atoms with Crippen molar-refractivity contribution in [3.05, 3.63) is 24.0 Å². The van der Waals surface area contributed by atoms with Gasteiger partial charge in [-0.2, -0.15) is 0 Å². The van der Waals surface area contributed by atoms with E-state index in [0.717, 1.165) is 12.1 Å². The Morgan fingerprint density at radius 2 is 2.30 bits per heavy atom. The molecule has 10 heavy (non-hydrogen) atoms. The Bertz CT molecular complexity index is 155. The summed E-state index contributed by atoms with van der Waals surface area (Å²) < 4.78 is 0. The molecule has 0 aliphatic carbocycles. The summed E-state index contributed by atoms with van der Waals surface area (Å²) in [4.78, 5) is 4.07. The molecule has 0 amide bonds. The van der Waals surface area contributed by atoms with Crippen molar-refractivity contribution < 1.29 is 0 Å². The number of hydrogen-bond donors (Lipinski definition) is 1. The maximum absolute atomic E-state index is 5.27. The lowest BCUT2D eigenvalue weighted by molar-refractivity contribution is 1.06. The molecule has 0 aromatic heterocycles. The van der Waals surface area contributed by atoms with Gasteiger partial charge in [0.05, 0.1) is 5.70 Å². The van der Waals surface area contributed by atoms with Gasteiger partial charge in [-0.05, 0) is 19.4 Å². The van der Waals surface area contributed by atoms with Crippen LogP contribution in [0.2, 0.25) is 0 Å². The molecule has 0 saturated carbocycles. The third kappa shape index (κ3) is 3.89. The van der Waals surface area contributed by atoms with Crippen molar-refractivity contribution in [1.82, 2.24) is 0 Å². The average molecular weight is 138 g/mol. The van der Waals surface area contributed by atoms with Gasteiger partial charge >= 0.3 is 0 Å². The predicted octanol–water partition coefficient (Wildman–Crippen LogP) is 1.84. The smallest absolute Gasteiger partial charge is 0.0555 e. The first kappa shape index (κ1) is 8.95. The number of allylic oxidation sites excluding steroid dienone is 3. The van der Waals surface area contributed by atoms with Crippen LogP contribution in [0.15, 0.2) is 29.0 Å². The average Bonchev–Trinajstić information content (AvgIpc) is 1.99. The Morgan fingerprint density at radius 1 is 1.60 bits per heavy atom. The molecule has 0 saturated heterocycles. The van der Waals surface area contributed by atoms with Crippen LogP contribution in [-0.4, -0.2) is 6.21 Å². The van der Waals surface area contributed by atoms with Crippen LogP contribution in [0.3, 0.4) is 0 Å². The van der Waals surface area contributed by atoms with Gasteiger partial charge in [-0.3, -0.25) is 4.99 Å². The fourth-order valence-corrected chi connectivity index (χ4v) is 0.477. The molecule has 0 fully saturated rings. The number of nitrogens with two attached hydrogens (primary N) is 1. The Labute approximate surface area is 62.1 Å². The van der Waals surface area contributed by atoms with Crippen molar-refractivity contribution in [1.29, 1.82) is 0 Å². The standard InChI is InChI=1S/C8H14N2/c1-3-5-6-10-8(4-2)7-9/h3,5-7H,4,9H2,1-2H3/b5-3-,8-7-,10-6-. The largest absolute Gasteiger partial charge is 0.403 e. The molecule has 0 aromatic rings. The quantitative estimate of drug-likeness (QED) is 0.594. The highest BCUT2D eigenvalue weighted by molar-refractivity contribution is 5.71. The molecule has 2 N–H and O–H groups in total. The first-order valence-electron chi connectivity index (χ1n) is 3.41. The van der Waals surface area contributed by atoms with Gasteiger partial charge in [0.1, 0.15) is 0 Å². The highest BCUT2D eigenvalue weighted by atomic mass is 14.7. The van der Waals surface area contributed by atoms with Crippen LogP contribution in [0.1, 0.15) is 20.3 Å². The molecular weight excluding hydrogens is 124 g/mol. The highest BCUT2D eigenvalue weighted by Gasteiger charge is 1.82. The molecule has 0 unspecified atom stereocenters. The van der Waals surface area contributed by atoms with E-state index in [-0.39, 0.29) is 0 Å². The van der Waals surface area contributed by atoms with Crippen molar-refractivity contribution in [2.75, 3.05) is 0 Å². The molecule has 56 valence electrons. The third-order valence-electron chi connectivity index (χ3n) is 1.07. The van der Waals surface area contributed by atoms with Crippen LogP contribution in [0, 0.1) is 0 Å². The fraction of sp³-hybridized carbons (Fsp3) is 0.375. The van der Waals surface area contributed by atoms with Gasteiger partial charge in [-0.15, -0.1) is 0 Å². The zero-order valence-electron chi connectivity index (χ0n) is 6.54. The van der Waals surface area contributed by atoms with Crippen LogP contribution < -0.4 is 5.73 Å². The predicted molar refractivity (Wildman–Crippen MR) is 45.9 cm³/mol. The van der Waals surface area contributed by atoms with E-state index in [4.69, 9.17) is 5.73 Å². The lowest BCUT2D eigenvalue weighted by Gasteiger charge is -1.90. The molecule has 0 atom stereocenters. The summed E-state index contributed by atoms with van der Waals surface area (Å²) in [5, 5.41) is 0. The first-order valence-corrected chi connectivity index (χ1v) is 3.41. The van der Waals surface area contributed by atoms with Crippen molar-refractivity contribution >= 4 is 6.21 Å². The van der Waals surface area contributed by atoms with Crippen LogP contribution in [-0.2, 0) is 0 Å². The van der Waals surface area contributed by atoms with Crippen molar-refractivity contribution in [3.8, 4) is 0 Å². The molecule has 0 bridgehead atoms. The van der Waals surface area contributed by atoms with Gasteiger partial charge in [0.25, 0.3) is 0 Å². The summed E-state index contributed by atoms with van der Waals surface area (Å²) in [6.07, 6.45) is 7.94. The SMILES string of the molecule is C\C=C/C=N\C(=C/N)CC. The minimum atomic E-state index is 0.880. The summed E-state index contributed by atoms with van der Waals surface area (Å²) in [7, 11) is 0. The summed E-state index contributed by atoms with van der Waals surface area (Å²) in [6.45, 7) is 3.97. The Kier molecular flexibility index (Phi) is 5.44. The van der Waals surface area contributed by atoms with Gasteiger partial charge in [0.15, 0.2) is 0 Å². The summed E-state index contributed by atoms with van der Waals surface area (Å²) in [5.74, 6) is 0. The Hall–Kier alpha value is -1.05. The molecule has 0 radical (unpaired) electrons. The maximum Gasteiger partial charge on any atom is 0.0555 e. The van der Waals surface area contributed by atoms with E-state index in [0.29, 0.717) is 0 Å². The molecule has 0 aliphatic heterocycles. The number of aliphatic imine (C=N–C) groups is 1. The molecule has 0 heterocycles. The van der Waals surface area contributed by atoms with E-state index in [1.54, 1.807) is 6.21 Å². The molecule has 0 aromatic carbocycles. The lowest BCUT2D eigenvalue weighted by atomic mass is 10.4. The van der Waals surface area contributed by atoms with Gasteiger partial charge in [-0.1, -0.05) is 13.0 Å². The molecule has 0 spiro atoms. The van der Waals surface area contributed by atoms with E-state index in [9.17, 15) is 0 Å². The lowest BCUT2D eigenvalue weighted by Crippen LogP contribution is -1.84. The van der Waals surface area contributed by atoms with Crippen LogP contribution in [0.5, 0.6) is 0 Å². The van der Waals surface area contributed by atoms with E-state index in [2.05, 4.69) is 4.99 Å². The number of rotatable bonds is 3. The minimum Gasteiger partial charge on any atom is -0.403 e. The number of nitrogens with zero attached hydrogens (tertiary/aromatic N) is 1. The molecule has 2 nitrogen and oxygen atoms in total. The zero-order chi connectivity index (χ0) is 7.82. The second kappa shape index (κ2) is 6.08. The fourth-order valence-electron chi connectivity index (χ4n) is 0.477. The second-order valence-corrected chi connectivity index (χ2v) is 1.82. The molecule has 2 heteroatoms. The van der Waals surface area contributed by atoms with Crippen LogP contribution in [0.25, 0.3) is 0 Å². The van der Waals surface area contributed by atoms with Gasteiger partial charge in [-0.25, -0.2) is 0 Å². The minimum absolute atomic E-state index is 0.880. The first-order chi connectivity index (χ1) is 4.85. The second-order valence-electron chi connectivity index (χ2n) is 1.82. The highest BCUT2D eigenvalue weighted by Crippen LogP contribution is 1.97. The molecule has 0 aliphatic rings. The van der Waals surface area contributed by atoms with Crippen LogP contribution >= 0.6 is 0 Å². The molecular formula is C8H14N2. The van der Waals surface area contributed by atoms with E-state index in [1.165, 1.54) is 6.20 Å². The van der Waals surface area contributed by atoms with Gasteiger partial charge in [0, 0.05) is 12.4 Å². The Morgan fingerprint density at radius 3 is 2.70 bits per heavy atom. The zero-order valence-corrected chi connectivity index (χ0v) is 6.54. The number of hydrogen-bond acceptors (Lipinski definition) is 2. The normalized spacial score (nSPS) is 13.6. The Balaban J connectivity index is 3.85. The van der Waals surface area contributed by atoms with Gasteiger partial charge < -0.3 is 5.73 Å². The van der Waals surface area contributed by atoms with Crippen LogP contribution in [0.4, 0.5) is 0 Å².